The van der Waals surface area contributed by atoms with Crippen molar-refractivity contribution in [3.8, 4) is 0 Å². The van der Waals surface area contributed by atoms with Gasteiger partial charge in [0.25, 0.3) is 0 Å². The van der Waals surface area contributed by atoms with Crippen LogP contribution in [-0.4, -0.2) is 34.9 Å². The largest absolute Gasteiger partial charge is 0.465 e. The first-order chi connectivity index (χ1) is 7.06. The Morgan fingerprint density at radius 2 is 2.00 bits per heavy atom. The summed E-state index contributed by atoms with van der Waals surface area (Å²) in [6, 6.07) is 6.16. The second-order valence-corrected chi connectivity index (χ2v) is 3.58. The van der Waals surface area contributed by atoms with E-state index in [4.69, 9.17) is 21.8 Å². The summed E-state index contributed by atoms with van der Waals surface area (Å²) in [4.78, 5) is 11.8. The lowest BCUT2D eigenvalue weighted by molar-refractivity contribution is 0.113. The number of hydrogen-bond acceptors (Lipinski definition) is 2. The molecule has 1 rings (SSSR count). The van der Waals surface area contributed by atoms with Crippen molar-refractivity contribution in [2.24, 2.45) is 0 Å². The summed E-state index contributed by atoms with van der Waals surface area (Å²) < 4.78 is 0. The molecule has 5 heteroatoms. The summed E-state index contributed by atoms with van der Waals surface area (Å²) in [5.41, 5.74) is 0.715. The average Bonchev–Trinajstić information content (AvgIpc) is 2.21. The number of aliphatic hydroxyl groups is 1. The van der Waals surface area contributed by atoms with Gasteiger partial charge in [0, 0.05) is 12.1 Å². The van der Waals surface area contributed by atoms with Gasteiger partial charge in [0.1, 0.15) is 0 Å². The molecular weight excluding hydrogens is 218 g/mol. The van der Waals surface area contributed by atoms with E-state index in [1.54, 1.807) is 24.3 Å². The van der Waals surface area contributed by atoms with Crippen molar-refractivity contribution in [3.63, 3.8) is 0 Å². The minimum Gasteiger partial charge on any atom is -0.465 e. The van der Waals surface area contributed by atoms with E-state index in [9.17, 15) is 4.79 Å². The Morgan fingerprint density at radius 3 is 2.40 bits per heavy atom. The Kier molecular flexibility index (Phi) is 3.94. The van der Waals surface area contributed by atoms with Crippen LogP contribution in [0.15, 0.2) is 24.3 Å². The van der Waals surface area contributed by atoms with Crippen LogP contribution < -0.4 is 0 Å². The van der Waals surface area contributed by atoms with Gasteiger partial charge in [-0.15, -0.1) is 0 Å². The molecule has 0 spiro atoms. The van der Waals surface area contributed by atoms with Crippen molar-refractivity contribution in [3.05, 3.63) is 34.9 Å². The lowest BCUT2D eigenvalue weighted by Crippen LogP contribution is -2.31. The molecular formula is C10H12ClNO3. The van der Waals surface area contributed by atoms with Gasteiger partial charge < -0.3 is 15.1 Å². The highest BCUT2D eigenvalue weighted by Crippen LogP contribution is 2.20. The van der Waals surface area contributed by atoms with Crippen molar-refractivity contribution in [2.45, 2.75) is 6.04 Å². The molecule has 1 aromatic carbocycles. The molecule has 0 radical (unpaired) electrons. The number of amides is 1. The summed E-state index contributed by atoms with van der Waals surface area (Å²) in [5.74, 6) is 0. The highest BCUT2D eigenvalue weighted by molar-refractivity contribution is 6.30. The number of nitrogens with zero attached hydrogens (tertiary/aromatic N) is 1. The number of benzene rings is 1. The van der Waals surface area contributed by atoms with Gasteiger partial charge in [-0.05, 0) is 17.7 Å². The van der Waals surface area contributed by atoms with E-state index in [1.165, 1.54) is 7.05 Å². The molecule has 0 saturated heterocycles. The third kappa shape index (κ3) is 2.84. The van der Waals surface area contributed by atoms with E-state index in [0.717, 1.165) is 4.90 Å². The van der Waals surface area contributed by atoms with E-state index >= 15 is 0 Å². The molecule has 0 aliphatic rings. The molecule has 0 bridgehead atoms. The zero-order chi connectivity index (χ0) is 11.4. The number of carbonyl (C=O) groups is 1. The predicted octanol–water partition coefficient (Wildman–Crippen LogP) is 1.98. The smallest absolute Gasteiger partial charge is 0.407 e. The highest BCUT2D eigenvalue weighted by atomic mass is 35.5. The number of rotatable bonds is 3. The number of likely N-dealkylation sites (N-methyl/N-ethyl adjacent to an activating group) is 1. The van der Waals surface area contributed by atoms with Crippen LogP contribution in [0, 0.1) is 0 Å². The summed E-state index contributed by atoms with van der Waals surface area (Å²) in [5, 5.41) is 18.5. The number of halogens is 1. The molecule has 15 heavy (non-hydrogen) atoms. The molecule has 1 aromatic rings. The second-order valence-electron chi connectivity index (χ2n) is 3.14. The molecule has 4 nitrogen and oxygen atoms in total. The van der Waals surface area contributed by atoms with E-state index in [-0.39, 0.29) is 6.61 Å². The summed E-state index contributed by atoms with van der Waals surface area (Å²) in [6.07, 6.45) is -1.08. The maximum absolute atomic E-state index is 10.7. The molecule has 1 amide bonds. The van der Waals surface area contributed by atoms with Gasteiger partial charge in [0.15, 0.2) is 0 Å². The SMILES string of the molecule is CN(C(=O)O)[C@H](CO)c1ccc(Cl)cc1. The quantitative estimate of drug-likeness (QED) is 0.833. The van der Waals surface area contributed by atoms with Crippen LogP contribution in [-0.2, 0) is 0 Å². The molecule has 2 N–H and O–H groups in total. The molecule has 0 heterocycles. The van der Waals surface area contributed by atoms with Crippen molar-refractivity contribution in [1.29, 1.82) is 0 Å². The van der Waals surface area contributed by atoms with Crippen LogP contribution in [0.3, 0.4) is 0 Å². The zero-order valence-electron chi connectivity index (χ0n) is 8.22. The molecule has 0 aliphatic carbocycles. The van der Waals surface area contributed by atoms with Gasteiger partial charge in [-0.2, -0.15) is 0 Å². The summed E-state index contributed by atoms with van der Waals surface area (Å²) in [6.45, 7) is -0.259. The number of carboxylic acid groups (broad SMARTS) is 1. The fourth-order valence-corrected chi connectivity index (χ4v) is 1.40. The third-order valence-corrected chi connectivity index (χ3v) is 2.45. The van der Waals surface area contributed by atoms with Gasteiger partial charge in [-0.25, -0.2) is 4.79 Å². The molecule has 0 aromatic heterocycles. The molecule has 1 atom stereocenters. The van der Waals surface area contributed by atoms with Crippen LogP contribution in [0.2, 0.25) is 5.02 Å². The van der Waals surface area contributed by atoms with Crippen LogP contribution in [0.4, 0.5) is 4.79 Å². The van der Waals surface area contributed by atoms with Crippen LogP contribution in [0.5, 0.6) is 0 Å². The summed E-state index contributed by atoms with van der Waals surface area (Å²) in [7, 11) is 1.41. The Labute approximate surface area is 92.7 Å². The Morgan fingerprint density at radius 1 is 1.47 bits per heavy atom. The van der Waals surface area contributed by atoms with E-state index in [0.29, 0.717) is 10.6 Å². The van der Waals surface area contributed by atoms with Gasteiger partial charge in [0.05, 0.1) is 12.6 Å². The first kappa shape index (κ1) is 11.8. The minimum atomic E-state index is -1.08. The van der Waals surface area contributed by atoms with Gasteiger partial charge in [0.2, 0.25) is 0 Å². The van der Waals surface area contributed by atoms with E-state index in [1.807, 2.05) is 0 Å². The molecule has 0 aliphatic heterocycles. The molecule has 82 valence electrons. The molecule has 0 unspecified atom stereocenters. The fourth-order valence-electron chi connectivity index (χ4n) is 1.27. The maximum Gasteiger partial charge on any atom is 0.407 e. The first-order valence-electron chi connectivity index (χ1n) is 4.38. The van der Waals surface area contributed by atoms with Crippen molar-refractivity contribution < 1.29 is 15.0 Å². The standard InChI is InChI=1S/C10H12ClNO3/c1-12(10(14)15)9(6-13)7-2-4-8(11)5-3-7/h2-5,9,13H,6H2,1H3,(H,14,15)/t9-/m1/s1. The average molecular weight is 230 g/mol. The van der Waals surface area contributed by atoms with E-state index in [2.05, 4.69) is 0 Å². The summed E-state index contributed by atoms with van der Waals surface area (Å²) >= 11 is 5.71. The predicted molar refractivity (Wildman–Crippen MR) is 57.1 cm³/mol. The third-order valence-electron chi connectivity index (χ3n) is 2.20. The van der Waals surface area contributed by atoms with Gasteiger partial charge in [-0.1, -0.05) is 23.7 Å². The number of aliphatic hydroxyl groups excluding tert-OH is 1. The number of hydrogen-bond donors (Lipinski definition) is 2. The topological polar surface area (TPSA) is 60.8 Å². The monoisotopic (exact) mass is 229 g/mol. The maximum atomic E-state index is 10.7. The lowest BCUT2D eigenvalue weighted by Gasteiger charge is -2.24. The van der Waals surface area contributed by atoms with Crippen LogP contribution in [0.25, 0.3) is 0 Å². The van der Waals surface area contributed by atoms with E-state index < -0.39 is 12.1 Å². The highest BCUT2D eigenvalue weighted by Gasteiger charge is 2.19. The van der Waals surface area contributed by atoms with Gasteiger partial charge >= 0.3 is 6.09 Å². The zero-order valence-corrected chi connectivity index (χ0v) is 8.98. The normalized spacial score (nSPS) is 12.2. The van der Waals surface area contributed by atoms with Crippen molar-refractivity contribution in [1.82, 2.24) is 4.90 Å². The van der Waals surface area contributed by atoms with Crippen LogP contribution in [0.1, 0.15) is 11.6 Å². The van der Waals surface area contributed by atoms with Crippen LogP contribution >= 0.6 is 11.6 Å². The lowest BCUT2D eigenvalue weighted by atomic mass is 10.1. The second kappa shape index (κ2) is 5.00. The minimum absolute atomic E-state index is 0.259. The first-order valence-corrected chi connectivity index (χ1v) is 4.76. The van der Waals surface area contributed by atoms with Crippen molar-refractivity contribution in [2.75, 3.05) is 13.7 Å². The Balaban J connectivity index is 2.92. The molecule has 0 fully saturated rings. The van der Waals surface area contributed by atoms with Crippen molar-refractivity contribution >= 4 is 17.7 Å². The Hall–Kier alpha value is -1.26. The molecule has 0 saturated carbocycles. The van der Waals surface area contributed by atoms with Gasteiger partial charge in [-0.3, -0.25) is 0 Å². The fraction of sp³-hybridized carbons (Fsp3) is 0.300. The Bertz CT molecular complexity index is 339.